The van der Waals surface area contributed by atoms with E-state index < -0.39 is 0 Å². The second-order valence-electron chi connectivity index (χ2n) is 4.81. The van der Waals surface area contributed by atoms with Crippen LogP contribution in [0.2, 0.25) is 0 Å². The largest absolute Gasteiger partial charge is 0.412 e. The van der Waals surface area contributed by atoms with Gasteiger partial charge in [0, 0.05) is 0 Å². The van der Waals surface area contributed by atoms with E-state index >= 15 is 0 Å². The van der Waals surface area contributed by atoms with Gasteiger partial charge in [0.2, 0.25) is 0 Å². The molecule has 0 spiro atoms. The molecule has 0 radical (unpaired) electrons. The first kappa shape index (κ1) is 8.51. The highest BCUT2D eigenvalue weighted by Crippen LogP contribution is 2.35. The standard InChI is InChI=1S/C15H14N/c1-2-6-11-10(5-1)9-13-12-7-3-4-8-14(12)16-15(11)13/h1-2,5-6,9,16H,3-4,7-8H2/q-1. The molecule has 0 bridgehead atoms. The molecule has 1 nitrogen and oxygen atoms in total. The summed E-state index contributed by atoms with van der Waals surface area (Å²) < 4.78 is 0. The van der Waals surface area contributed by atoms with E-state index in [4.69, 9.17) is 0 Å². The highest BCUT2D eigenvalue weighted by Gasteiger charge is 2.10. The van der Waals surface area contributed by atoms with Crippen molar-refractivity contribution >= 4 is 21.7 Å². The zero-order chi connectivity index (χ0) is 10.5. The summed E-state index contributed by atoms with van der Waals surface area (Å²) >= 11 is 0. The minimum Gasteiger partial charge on any atom is -0.412 e. The summed E-state index contributed by atoms with van der Waals surface area (Å²) in [4.78, 5) is 3.64. The van der Waals surface area contributed by atoms with E-state index in [0.29, 0.717) is 0 Å². The maximum absolute atomic E-state index is 3.64. The first-order valence-electron chi connectivity index (χ1n) is 6.11. The van der Waals surface area contributed by atoms with E-state index in [1.165, 1.54) is 53.1 Å². The highest BCUT2D eigenvalue weighted by molar-refractivity contribution is 6.11. The second-order valence-corrected chi connectivity index (χ2v) is 4.81. The van der Waals surface area contributed by atoms with Crippen molar-refractivity contribution in [3.63, 3.8) is 0 Å². The van der Waals surface area contributed by atoms with Gasteiger partial charge in [-0.2, -0.15) is 0 Å². The molecule has 2 aromatic carbocycles. The molecule has 16 heavy (non-hydrogen) atoms. The third-order valence-corrected chi connectivity index (χ3v) is 3.87. The summed E-state index contributed by atoms with van der Waals surface area (Å²) in [5, 5.41) is 4.22. The SMILES string of the molecule is c1ccc2c(c1)c[c-]1c3c([nH]c21)CCCC3. The number of fused-ring (bicyclic) bond motifs is 5. The van der Waals surface area contributed by atoms with Crippen molar-refractivity contribution < 1.29 is 0 Å². The van der Waals surface area contributed by atoms with E-state index in [0.717, 1.165) is 0 Å². The summed E-state index contributed by atoms with van der Waals surface area (Å²) in [6.45, 7) is 0. The molecule has 0 saturated heterocycles. The number of aromatic amines is 1. The molecular weight excluding hydrogens is 194 g/mol. The van der Waals surface area contributed by atoms with Gasteiger partial charge in [-0.1, -0.05) is 36.1 Å². The molecule has 1 aliphatic rings. The minimum absolute atomic E-state index is 1.23. The zero-order valence-corrected chi connectivity index (χ0v) is 9.22. The number of hydrogen-bond donors (Lipinski definition) is 1. The number of nitrogens with one attached hydrogen (secondary N) is 1. The van der Waals surface area contributed by atoms with E-state index in [-0.39, 0.29) is 0 Å². The topological polar surface area (TPSA) is 15.8 Å². The van der Waals surface area contributed by atoms with Crippen LogP contribution in [-0.2, 0) is 12.8 Å². The maximum atomic E-state index is 3.64. The molecule has 1 aromatic heterocycles. The molecule has 0 saturated carbocycles. The molecule has 0 fully saturated rings. The highest BCUT2D eigenvalue weighted by atomic mass is 14.7. The van der Waals surface area contributed by atoms with Crippen molar-refractivity contribution in [1.29, 1.82) is 0 Å². The van der Waals surface area contributed by atoms with Crippen LogP contribution in [0.5, 0.6) is 0 Å². The van der Waals surface area contributed by atoms with Crippen LogP contribution in [0.1, 0.15) is 24.1 Å². The number of H-pyrrole nitrogens is 1. The molecule has 1 heteroatoms. The molecule has 4 rings (SSSR count). The fourth-order valence-electron chi connectivity index (χ4n) is 3.09. The van der Waals surface area contributed by atoms with Crippen molar-refractivity contribution in [2.45, 2.75) is 25.7 Å². The first-order valence-corrected chi connectivity index (χ1v) is 6.11. The Balaban J connectivity index is 2.16. The van der Waals surface area contributed by atoms with Crippen molar-refractivity contribution in [3.05, 3.63) is 41.6 Å². The van der Waals surface area contributed by atoms with Crippen LogP contribution >= 0.6 is 0 Å². The van der Waals surface area contributed by atoms with Gasteiger partial charge in [-0.15, -0.1) is 34.5 Å². The summed E-state index contributed by atoms with van der Waals surface area (Å²) in [6, 6.07) is 11.0. The third-order valence-electron chi connectivity index (χ3n) is 3.87. The Bertz CT molecular complexity index is 669. The van der Waals surface area contributed by atoms with E-state index in [1.54, 1.807) is 5.56 Å². The smallest absolute Gasteiger partial charge is 0.0429 e. The lowest BCUT2D eigenvalue weighted by Crippen LogP contribution is -2.00. The van der Waals surface area contributed by atoms with Gasteiger partial charge in [0.05, 0.1) is 0 Å². The van der Waals surface area contributed by atoms with Crippen LogP contribution in [0.4, 0.5) is 0 Å². The summed E-state index contributed by atoms with van der Waals surface area (Å²) in [5.41, 5.74) is 4.43. The van der Waals surface area contributed by atoms with E-state index in [1.807, 2.05) is 0 Å². The Labute approximate surface area is 94.4 Å². The summed E-state index contributed by atoms with van der Waals surface area (Å²) in [5.74, 6) is 0. The predicted octanol–water partition coefficient (Wildman–Crippen LogP) is 3.92. The van der Waals surface area contributed by atoms with Crippen LogP contribution in [0, 0.1) is 0 Å². The number of aromatic nitrogens is 1. The number of rotatable bonds is 0. The number of benzene rings is 1. The molecule has 80 valence electrons. The normalized spacial score (nSPS) is 15.8. The molecule has 1 heterocycles. The Morgan fingerprint density at radius 3 is 2.94 bits per heavy atom. The molecule has 1 aliphatic carbocycles. The van der Waals surface area contributed by atoms with Gasteiger partial charge in [0.15, 0.2) is 0 Å². The number of aryl methyl sites for hydroxylation is 2. The fraction of sp³-hybridized carbons (Fsp3) is 0.267. The lowest BCUT2D eigenvalue weighted by atomic mass is 9.96. The van der Waals surface area contributed by atoms with Crippen LogP contribution in [0.3, 0.4) is 0 Å². The quantitative estimate of drug-likeness (QED) is 0.539. The van der Waals surface area contributed by atoms with Gasteiger partial charge in [0.1, 0.15) is 0 Å². The van der Waals surface area contributed by atoms with Crippen molar-refractivity contribution in [3.8, 4) is 0 Å². The lowest BCUT2D eigenvalue weighted by molar-refractivity contribution is 0.680. The van der Waals surface area contributed by atoms with Crippen molar-refractivity contribution in [2.75, 3.05) is 0 Å². The Kier molecular flexibility index (Phi) is 1.57. The van der Waals surface area contributed by atoms with Crippen LogP contribution in [0.15, 0.2) is 30.3 Å². The van der Waals surface area contributed by atoms with Crippen LogP contribution < -0.4 is 0 Å². The molecular formula is C15H14N-. The average Bonchev–Trinajstić information content (AvgIpc) is 2.85. The van der Waals surface area contributed by atoms with E-state index in [2.05, 4.69) is 35.3 Å². The molecule has 0 amide bonds. The van der Waals surface area contributed by atoms with Crippen molar-refractivity contribution in [2.24, 2.45) is 0 Å². The monoisotopic (exact) mass is 208 g/mol. The van der Waals surface area contributed by atoms with Gasteiger partial charge in [-0.3, -0.25) is 0 Å². The lowest BCUT2D eigenvalue weighted by Gasteiger charge is -2.14. The molecule has 0 unspecified atom stereocenters. The van der Waals surface area contributed by atoms with Gasteiger partial charge in [0.25, 0.3) is 0 Å². The third kappa shape index (κ3) is 0.981. The zero-order valence-electron chi connectivity index (χ0n) is 9.22. The maximum Gasteiger partial charge on any atom is -0.0429 e. The number of hydrogen-bond acceptors (Lipinski definition) is 0. The van der Waals surface area contributed by atoms with Crippen LogP contribution in [-0.4, -0.2) is 4.98 Å². The second kappa shape index (κ2) is 2.94. The summed E-state index contributed by atoms with van der Waals surface area (Å²) in [7, 11) is 0. The predicted molar refractivity (Wildman–Crippen MR) is 68.0 cm³/mol. The Hall–Kier alpha value is -1.63. The average molecular weight is 208 g/mol. The van der Waals surface area contributed by atoms with E-state index in [9.17, 15) is 0 Å². The Morgan fingerprint density at radius 2 is 1.94 bits per heavy atom. The van der Waals surface area contributed by atoms with Gasteiger partial charge >= 0.3 is 0 Å². The van der Waals surface area contributed by atoms with Crippen molar-refractivity contribution in [1.82, 2.24) is 4.98 Å². The minimum atomic E-state index is 1.23. The Morgan fingerprint density at radius 1 is 1.06 bits per heavy atom. The van der Waals surface area contributed by atoms with Crippen LogP contribution in [0.25, 0.3) is 21.7 Å². The van der Waals surface area contributed by atoms with Gasteiger partial charge < -0.3 is 4.98 Å². The molecule has 3 aromatic rings. The summed E-state index contributed by atoms with van der Waals surface area (Å²) in [6.07, 6.45) is 5.18. The van der Waals surface area contributed by atoms with Gasteiger partial charge in [-0.05, 0) is 18.4 Å². The molecule has 0 atom stereocenters. The van der Waals surface area contributed by atoms with Gasteiger partial charge in [-0.25, -0.2) is 0 Å². The fourth-order valence-corrected chi connectivity index (χ4v) is 3.09. The molecule has 1 N–H and O–H groups in total. The molecule has 0 aliphatic heterocycles. The first-order chi connectivity index (χ1) is 7.93.